The molecular weight excluding hydrogens is 480 g/mol. The molecule has 0 aromatic carbocycles. The van der Waals surface area contributed by atoms with E-state index in [-0.39, 0.29) is 0 Å². The van der Waals surface area contributed by atoms with Crippen LogP contribution in [0.3, 0.4) is 0 Å². The van der Waals surface area contributed by atoms with Gasteiger partial charge < -0.3 is 0 Å². The van der Waals surface area contributed by atoms with E-state index in [4.69, 9.17) is 0 Å². The fourth-order valence-electron chi connectivity index (χ4n) is 5.79. The van der Waals surface area contributed by atoms with Crippen LogP contribution in [0.2, 0.25) is 0 Å². The van der Waals surface area contributed by atoms with Gasteiger partial charge in [-0.15, -0.1) is 0 Å². The molecule has 0 heteroatoms. The first-order valence-corrected chi connectivity index (χ1v) is 15.3. The Bertz CT molecular complexity index is 1120. The lowest BCUT2D eigenvalue weighted by atomic mass is 9.72. The van der Waals surface area contributed by atoms with E-state index < -0.39 is 0 Å². The van der Waals surface area contributed by atoms with Crippen molar-refractivity contribution in [3.05, 3.63) is 130 Å². The van der Waals surface area contributed by atoms with Crippen molar-refractivity contribution < 1.29 is 0 Å². The molecule has 0 aromatic rings. The molecule has 0 fully saturated rings. The Labute approximate surface area is 247 Å². The predicted octanol–water partition coefficient (Wildman–Crippen LogP) is 12.6. The van der Waals surface area contributed by atoms with Gasteiger partial charge in [0.1, 0.15) is 0 Å². The van der Waals surface area contributed by atoms with Crippen molar-refractivity contribution >= 4 is 0 Å². The third-order valence-electron chi connectivity index (χ3n) is 8.38. The maximum absolute atomic E-state index is 2.37. The van der Waals surface area contributed by atoms with Crippen LogP contribution >= 0.6 is 0 Å². The molecule has 0 spiro atoms. The first-order chi connectivity index (χ1) is 18.8. The van der Waals surface area contributed by atoms with Gasteiger partial charge in [0.15, 0.2) is 0 Å². The summed E-state index contributed by atoms with van der Waals surface area (Å²) in [5.41, 5.74) is 11.7. The van der Waals surface area contributed by atoms with Crippen molar-refractivity contribution in [2.24, 2.45) is 10.8 Å². The third-order valence-corrected chi connectivity index (χ3v) is 8.38. The first kappa shape index (κ1) is 33.3. The zero-order valence-corrected chi connectivity index (χ0v) is 27.3. The van der Waals surface area contributed by atoms with Crippen LogP contribution < -0.4 is 0 Å². The molecule has 0 radical (unpaired) electrons. The maximum atomic E-state index is 2.37. The molecule has 0 aromatic heterocycles. The molecule has 0 aliphatic heterocycles. The van der Waals surface area contributed by atoms with Crippen LogP contribution in [0.1, 0.15) is 108 Å². The Balaban J connectivity index is 1.89. The highest BCUT2D eigenvalue weighted by molar-refractivity contribution is 5.39. The SMILES string of the molecule is CC(=CC=C/C(C)=C/C=C/C=C(\C)C=CC=C(C)/C=C/C1=C(C)CCCC1(C)C)/C=C/C1=C(C)CCCC1(C)C. The van der Waals surface area contributed by atoms with Crippen LogP contribution in [0.5, 0.6) is 0 Å². The van der Waals surface area contributed by atoms with Crippen LogP contribution in [0.4, 0.5) is 0 Å². The van der Waals surface area contributed by atoms with Gasteiger partial charge in [0.2, 0.25) is 0 Å². The summed E-state index contributed by atoms with van der Waals surface area (Å²) in [5, 5.41) is 0. The molecule has 0 atom stereocenters. The highest BCUT2D eigenvalue weighted by Gasteiger charge is 2.27. The second kappa shape index (κ2) is 15.8. The number of hydrogen-bond donors (Lipinski definition) is 0. The van der Waals surface area contributed by atoms with Crippen LogP contribution in [0.25, 0.3) is 0 Å². The molecule has 0 unspecified atom stereocenters. The van der Waals surface area contributed by atoms with Gasteiger partial charge in [0.25, 0.3) is 0 Å². The number of hydrogen-bond acceptors (Lipinski definition) is 0. The molecular formula is C40H56. The topological polar surface area (TPSA) is 0 Å². The fraction of sp³-hybridized carbons (Fsp3) is 0.450. The van der Waals surface area contributed by atoms with Gasteiger partial charge in [-0.3, -0.25) is 0 Å². The lowest BCUT2D eigenvalue weighted by Crippen LogP contribution is -2.19. The van der Waals surface area contributed by atoms with Gasteiger partial charge in [0, 0.05) is 0 Å². The Morgan fingerprint density at radius 3 is 1.18 bits per heavy atom. The molecule has 40 heavy (non-hydrogen) atoms. The molecule has 0 bridgehead atoms. The molecule has 2 rings (SSSR count). The minimum atomic E-state index is 0.291. The predicted molar refractivity (Wildman–Crippen MR) is 181 cm³/mol. The molecule has 2 aliphatic rings. The molecule has 0 heterocycles. The van der Waals surface area contributed by atoms with Gasteiger partial charge in [0.05, 0.1) is 0 Å². The summed E-state index contributed by atoms with van der Waals surface area (Å²) in [6, 6.07) is 0. The molecule has 0 saturated carbocycles. The Kier molecular flexibility index (Phi) is 13.2. The van der Waals surface area contributed by atoms with Crippen molar-refractivity contribution in [1.82, 2.24) is 0 Å². The lowest BCUT2D eigenvalue weighted by molar-refractivity contribution is 0.376. The molecule has 0 amide bonds. The highest BCUT2D eigenvalue weighted by Crippen LogP contribution is 2.41. The van der Waals surface area contributed by atoms with E-state index in [9.17, 15) is 0 Å². The van der Waals surface area contributed by atoms with E-state index in [0.29, 0.717) is 10.8 Å². The van der Waals surface area contributed by atoms with E-state index in [0.717, 1.165) is 0 Å². The quantitative estimate of drug-likeness (QED) is 0.244. The second-order valence-electron chi connectivity index (χ2n) is 13.3. The van der Waals surface area contributed by atoms with Crippen molar-refractivity contribution in [1.29, 1.82) is 0 Å². The van der Waals surface area contributed by atoms with E-state index in [1.165, 1.54) is 72.0 Å². The van der Waals surface area contributed by atoms with Gasteiger partial charge in [-0.1, -0.05) is 146 Å². The largest absolute Gasteiger partial charge is 0.0696 e. The summed E-state index contributed by atoms with van der Waals surface area (Å²) in [5.74, 6) is 0. The van der Waals surface area contributed by atoms with Crippen LogP contribution in [0.15, 0.2) is 130 Å². The number of rotatable bonds is 10. The van der Waals surface area contributed by atoms with Gasteiger partial charge in [-0.25, -0.2) is 0 Å². The Hall–Kier alpha value is -2.86. The van der Waals surface area contributed by atoms with E-state index in [2.05, 4.69) is 154 Å². The summed E-state index contributed by atoms with van der Waals surface area (Å²) in [4.78, 5) is 0. The summed E-state index contributed by atoms with van der Waals surface area (Å²) >= 11 is 0. The van der Waals surface area contributed by atoms with Crippen molar-refractivity contribution in [3.8, 4) is 0 Å². The third kappa shape index (κ3) is 11.3. The maximum Gasteiger partial charge on any atom is -0.0104 e. The average Bonchev–Trinajstić information content (AvgIpc) is 2.85. The van der Waals surface area contributed by atoms with Gasteiger partial charge >= 0.3 is 0 Å². The van der Waals surface area contributed by atoms with Crippen molar-refractivity contribution in [2.45, 2.75) is 108 Å². The zero-order chi connectivity index (χ0) is 29.8. The standard InChI is InChI=1S/C40H56/c1-31(19-13-21-33(3)25-27-37-35(5)23-15-29-39(37,7)8)17-11-12-18-32(2)20-14-22-34(4)26-28-38-36(6)24-16-30-40(38,9)10/h11-14,17-22,25-28H,15-16,23-24,29-30H2,1-10H3/b12-11+,19-13?,20-14?,27-25+,28-26+,31-17+,32-18+,33-21?,34-22?. The van der Waals surface area contributed by atoms with Crippen molar-refractivity contribution in [3.63, 3.8) is 0 Å². The molecule has 0 nitrogen and oxygen atoms in total. The minimum Gasteiger partial charge on any atom is -0.0696 e. The smallest absolute Gasteiger partial charge is 0.0104 e. The van der Waals surface area contributed by atoms with Crippen molar-refractivity contribution in [2.75, 3.05) is 0 Å². The van der Waals surface area contributed by atoms with E-state index >= 15 is 0 Å². The summed E-state index contributed by atoms with van der Waals surface area (Å²) in [7, 11) is 0. The average molecular weight is 537 g/mol. The van der Waals surface area contributed by atoms with E-state index in [1.54, 1.807) is 11.1 Å². The fourth-order valence-corrected chi connectivity index (χ4v) is 5.79. The first-order valence-electron chi connectivity index (χ1n) is 15.3. The highest BCUT2D eigenvalue weighted by atomic mass is 14.3. The summed E-state index contributed by atoms with van der Waals surface area (Å²) in [6.07, 6.45) is 38.4. The van der Waals surface area contributed by atoms with Gasteiger partial charge in [-0.05, 0) is 102 Å². The summed E-state index contributed by atoms with van der Waals surface area (Å²) < 4.78 is 0. The molecule has 0 N–H and O–H groups in total. The molecule has 2 aliphatic carbocycles. The molecule has 216 valence electrons. The lowest BCUT2D eigenvalue weighted by Gasteiger charge is -2.33. The zero-order valence-electron chi connectivity index (χ0n) is 27.3. The van der Waals surface area contributed by atoms with Crippen LogP contribution in [0, 0.1) is 10.8 Å². The number of allylic oxidation sites excluding steroid dienone is 22. The van der Waals surface area contributed by atoms with Crippen LogP contribution in [-0.4, -0.2) is 0 Å². The normalized spacial score (nSPS) is 21.9. The minimum absolute atomic E-state index is 0.291. The molecule has 0 saturated heterocycles. The van der Waals surface area contributed by atoms with Crippen LogP contribution in [-0.2, 0) is 0 Å². The monoisotopic (exact) mass is 536 g/mol. The Morgan fingerprint density at radius 1 is 0.500 bits per heavy atom. The van der Waals surface area contributed by atoms with Gasteiger partial charge in [-0.2, -0.15) is 0 Å². The Morgan fingerprint density at radius 2 is 0.825 bits per heavy atom. The second-order valence-corrected chi connectivity index (χ2v) is 13.3. The summed E-state index contributed by atoms with van der Waals surface area (Å²) in [6.45, 7) is 22.7. The van der Waals surface area contributed by atoms with E-state index in [1.807, 2.05) is 0 Å².